The Kier molecular flexibility index (Phi) is 5.97. The Morgan fingerprint density at radius 1 is 0.939 bits per heavy atom. The van der Waals surface area contributed by atoms with Gasteiger partial charge in [-0.3, -0.25) is 9.78 Å². The standard InChI is InChI=1S/C27H24N4O2/c32-27(21-10-6-15-28-18-21)29-19-26-30-23-12-3-4-13-24(23)31(26)16-7-17-33-25-14-5-9-20-8-1-2-11-22(20)25/h1-6,8-15,18H,7,16-17,19H2,(H,29,32). The number of nitrogens with zero attached hydrogens (tertiary/aromatic N) is 3. The fraction of sp³-hybridized carbons (Fsp3) is 0.148. The smallest absolute Gasteiger partial charge is 0.253 e. The number of aromatic nitrogens is 3. The summed E-state index contributed by atoms with van der Waals surface area (Å²) in [7, 11) is 0. The van der Waals surface area contributed by atoms with Crippen LogP contribution in [0.1, 0.15) is 22.6 Å². The molecule has 0 bridgehead atoms. The highest BCUT2D eigenvalue weighted by Gasteiger charge is 2.12. The van der Waals surface area contributed by atoms with E-state index in [0.29, 0.717) is 18.7 Å². The number of nitrogens with one attached hydrogen (secondary N) is 1. The lowest BCUT2D eigenvalue weighted by Gasteiger charge is -2.12. The van der Waals surface area contributed by atoms with Gasteiger partial charge in [0.2, 0.25) is 0 Å². The van der Waals surface area contributed by atoms with Gasteiger partial charge in [-0.2, -0.15) is 0 Å². The van der Waals surface area contributed by atoms with E-state index in [-0.39, 0.29) is 5.91 Å². The van der Waals surface area contributed by atoms with Crippen LogP contribution in [0.2, 0.25) is 0 Å². The zero-order chi connectivity index (χ0) is 22.5. The number of carbonyl (C=O) groups is 1. The van der Waals surface area contributed by atoms with Gasteiger partial charge in [0, 0.05) is 24.3 Å². The molecule has 0 saturated heterocycles. The van der Waals surface area contributed by atoms with Gasteiger partial charge in [0.25, 0.3) is 5.91 Å². The molecule has 6 heteroatoms. The molecular weight excluding hydrogens is 412 g/mol. The number of hydrogen-bond acceptors (Lipinski definition) is 4. The average Bonchev–Trinajstić information content (AvgIpc) is 3.23. The first-order chi connectivity index (χ1) is 16.3. The second kappa shape index (κ2) is 9.53. The molecule has 2 aromatic heterocycles. The van der Waals surface area contributed by atoms with Crippen LogP contribution < -0.4 is 10.1 Å². The molecule has 33 heavy (non-hydrogen) atoms. The molecular formula is C27H24N4O2. The average molecular weight is 437 g/mol. The lowest BCUT2D eigenvalue weighted by atomic mass is 10.1. The number of ether oxygens (including phenoxy) is 1. The minimum absolute atomic E-state index is 0.166. The predicted octanol–water partition coefficient (Wildman–Crippen LogP) is 4.98. The van der Waals surface area contributed by atoms with Crippen LogP contribution in [0.15, 0.2) is 91.3 Å². The molecule has 1 N–H and O–H groups in total. The fourth-order valence-electron chi connectivity index (χ4n) is 3.99. The summed E-state index contributed by atoms with van der Waals surface area (Å²) in [5.74, 6) is 1.55. The van der Waals surface area contributed by atoms with E-state index in [2.05, 4.69) is 39.1 Å². The van der Waals surface area contributed by atoms with Gasteiger partial charge in [0.1, 0.15) is 11.6 Å². The summed E-state index contributed by atoms with van der Waals surface area (Å²) in [6, 6.07) is 25.9. The monoisotopic (exact) mass is 436 g/mol. The number of amides is 1. The number of rotatable bonds is 8. The highest BCUT2D eigenvalue weighted by molar-refractivity contribution is 5.93. The van der Waals surface area contributed by atoms with Gasteiger partial charge in [-0.25, -0.2) is 4.98 Å². The molecule has 0 aliphatic rings. The first-order valence-corrected chi connectivity index (χ1v) is 11.0. The Bertz CT molecular complexity index is 1390. The molecule has 0 fully saturated rings. The lowest BCUT2D eigenvalue weighted by Crippen LogP contribution is -2.25. The van der Waals surface area contributed by atoms with Gasteiger partial charge in [0.05, 0.1) is 29.7 Å². The minimum Gasteiger partial charge on any atom is -0.493 e. The van der Waals surface area contributed by atoms with E-state index in [0.717, 1.165) is 41.0 Å². The Balaban J connectivity index is 1.27. The number of benzene rings is 3. The molecule has 5 aromatic rings. The quantitative estimate of drug-likeness (QED) is 0.348. The molecule has 5 rings (SSSR count). The van der Waals surface area contributed by atoms with Crippen LogP contribution in [0.25, 0.3) is 21.8 Å². The van der Waals surface area contributed by atoms with Crippen LogP contribution in [0.4, 0.5) is 0 Å². The molecule has 1 amide bonds. The first-order valence-electron chi connectivity index (χ1n) is 11.0. The molecule has 2 heterocycles. The normalized spacial score (nSPS) is 11.0. The SMILES string of the molecule is O=C(NCc1nc2ccccc2n1CCCOc1cccc2ccccc12)c1cccnc1. The number of fused-ring (bicyclic) bond motifs is 2. The van der Waals surface area contributed by atoms with E-state index in [9.17, 15) is 4.79 Å². The zero-order valence-corrected chi connectivity index (χ0v) is 18.1. The summed E-state index contributed by atoms with van der Waals surface area (Å²) < 4.78 is 8.27. The van der Waals surface area contributed by atoms with Crippen LogP contribution in [-0.2, 0) is 13.1 Å². The van der Waals surface area contributed by atoms with Crippen molar-refractivity contribution in [1.82, 2.24) is 19.9 Å². The maximum atomic E-state index is 12.5. The molecule has 0 spiro atoms. The summed E-state index contributed by atoms with van der Waals surface area (Å²) in [6.45, 7) is 1.66. The number of imidazole rings is 1. The van der Waals surface area contributed by atoms with Crippen LogP contribution in [-0.4, -0.2) is 27.0 Å². The summed E-state index contributed by atoms with van der Waals surface area (Å²) in [6.07, 6.45) is 4.02. The second-order valence-corrected chi connectivity index (χ2v) is 7.77. The topological polar surface area (TPSA) is 69.0 Å². The zero-order valence-electron chi connectivity index (χ0n) is 18.1. The van der Waals surface area contributed by atoms with Crippen molar-refractivity contribution in [3.05, 3.63) is 103 Å². The van der Waals surface area contributed by atoms with E-state index in [1.165, 1.54) is 5.39 Å². The second-order valence-electron chi connectivity index (χ2n) is 7.77. The van der Waals surface area contributed by atoms with Crippen molar-refractivity contribution in [1.29, 1.82) is 0 Å². The number of para-hydroxylation sites is 2. The van der Waals surface area contributed by atoms with E-state index >= 15 is 0 Å². The van der Waals surface area contributed by atoms with Crippen molar-refractivity contribution >= 4 is 27.7 Å². The fourth-order valence-corrected chi connectivity index (χ4v) is 3.99. The maximum Gasteiger partial charge on any atom is 0.253 e. The van der Waals surface area contributed by atoms with Crippen molar-refractivity contribution in [2.75, 3.05) is 6.61 Å². The van der Waals surface area contributed by atoms with Crippen molar-refractivity contribution < 1.29 is 9.53 Å². The van der Waals surface area contributed by atoms with E-state index in [4.69, 9.17) is 9.72 Å². The van der Waals surface area contributed by atoms with Crippen LogP contribution in [0.5, 0.6) is 5.75 Å². The summed E-state index contributed by atoms with van der Waals surface area (Å²) in [5, 5.41) is 5.25. The third-order valence-electron chi connectivity index (χ3n) is 5.60. The van der Waals surface area contributed by atoms with Crippen LogP contribution >= 0.6 is 0 Å². The number of pyridine rings is 1. The maximum absolute atomic E-state index is 12.5. The van der Waals surface area contributed by atoms with Crippen molar-refractivity contribution in [3.63, 3.8) is 0 Å². The first kappa shape index (κ1) is 20.7. The molecule has 0 radical (unpaired) electrons. The molecule has 6 nitrogen and oxygen atoms in total. The summed E-state index contributed by atoms with van der Waals surface area (Å²) in [4.78, 5) is 21.2. The highest BCUT2D eigenvalue weighted by Crippen LogP contribution is 2.25. The third kappa shape index (κ3) is 4.55. The van der Waals surface area contributed by atoms with Crippen LogP contribution in [0.3, 0.4) is 0 Å². The van der Waals surface area contributed by atoms with E-state index in [1.54, 1.807) is 24.5 Å². The Hall–Kier alpha value is -4.19. The number of hydrogen-bond donors (Lipinski definition) is 1. The van der Waals surface area contributed by atoms with E-state index < -0.39 is 0 Å². The molecule has 0 atom stereocenters. The molecule has 0 saturated carbocycles. The minimum atomic E-state index is -0.166. The summed E-state index contributed by atoms with van der Waals surface area (Å²) in [5.41, 5.74) is 2.50. The molecule has 3 aromatic carbocycles. The van der Waals surface area contributed by atoms with E-state index in [1.807, 2.05) is 42.5 Å². The van der Waals surface area contributed by atoms with Gasteiger partial charge in [-0.15, -0.1) is 0 Å². The Labute approximate surface area is 191 Å². The van der Waals surface area contributed by atoms with Gasteiger partial charge in [-0.1, -0.05) is 48.5 Å². The molecule has 0 aliphatic carbocycles. The molecule has 0 unspecified atom stereocenters. The number of carbonyl (C=O) groups excluding carboxylic acids is 1. The van der Waals surface area contributed by atoms with Gasteiger partial charge in [0.15, 0.2) is 0 Å². The Morgan fingerprint density at radius 2 is 1.79 bits per heavy atom. The molecule has 0 aliphatic heterocycles. The molecule has 164 valence electrons. The third-order valence-corrected chi connectivity index (χ3v) is 5.60. The summed E-state index contributed by atoms with van der Waals surface area (Å²) >= 11 is 0. The van der Waals surface area contributed by atoms with Gasteiger partial charge >= 0.3 is 0 Å². The van der Waals surface area contributed by atoms with Gasteiger partial charge in [-0.05, 0) is 42.1 Å². The predicted molar refractivity (Wildman–Crippen MR) is 129 cm³/mol. The lowest BCUT2D eigenvalue weighted by molar-refractivity contribution is 0.0949. The number of aryl methyl sites for hydroxylation is 1. The van der Waals surface area contributed by atoms with Crippen molar-refractivity contribution in [3.8, 4) is 5.75 Å². The largest absolute Gasteiger partial charge is 0.493 e. The highest BCUT2D eigenvalue weighted by atomic mass is 16.5. The van der Waals surface area contributed by atoms with Crippen LogP contribution in [0, 0.1) is 0 Å². The van der Waals surface area contributed by atoms with Crippen molar-refractivity contribution in [2.24, 2.45) is 0 Å². The van der Waals surface area contributed by atoms with Gasteiger partial charge < -0.3 is 14.6 Å². The van der Waals surface area contributed by atoms with Crippen molar-refractivity contribution in [2.45, 2.75) is 19.5 Å². The Morgan fingerprint density at radius 3 is 2.70 bits per heavy atom.